The lowest BCUT2D eigenvalue weighted by atomic mass is 9.82. The second-order valence-corrected chi connectivity index (χ2v) is 16.3. The van der Waals surface area contributed by atoms with E-state index in [1.807, 2.05) is 0 Å². The van der Waals surface area contributed by atoms with E-state index >= 15 is 0 Å². The molecule has 10 aromatic rings. The molecular weight excluding hydrogens is 656 g/mol. The van der Waals surface area contributed by atoms with Crippen LogP contribution < -0.4 is 15.9 Å². The molecule has 246 valence electrons. The van der Waals surface area contributed by atoms with Crippen molar-refractivity contribution in [3.05, 3.63) is 200 Å². The molecule has 0 nitrogen and oxygen atoms in total. The van der Waals surface area contributed by atoms with Crippen LogP contribution >= 0.6 is 7.92 Å². The normalized spacial score (nSPS) is 11.9. The van der Waals surface area contributed by atoms with Crippen LogP contribution in [0.25, 0.3) is 87.6 Å². The first kappa shape index (κ1) is 30.3. The monoisotopic (exact) mass is 688 g/mol. The largest absolute Gasteiger partial charge is 0.0622 e. The molecule has 0 fully saturated rings. The number of rotatable bonds is 5. The van der Waals surface area contributed by atoms with Gasteiger partial charge in [0.2, 0.25) is 0 Å². The molecule has 0 aliphatic heterocycles. The Labute approximate surface area is 310 Å². The van der Waals surface area contributed by atoms with Crippen LogP contribution in [0.5, 0.6) is 0 Å². The van der Waals surface area contributed by atoms with Crippen molar-refractivity contribution < 1.29 is 0 Å². The molecule has 0 unspecified atom stereocenters. The highest BCUT2D eigenvalue weighted by molar-refractivity contribution is 7.79. The van der Waals surface area contributed by atoms with Gasteiger partial charge in [0.05, 0.1) is 0 Å². The highest BCUT2D eigenvalue weighted by Crippen LogP contribution is 2.57. The Hall–Kier alpha value is -6.33. The number of hydrogen-bond donors (Lipinski definition) is 0. The quantitative estimate of drug-likeness (QED) is 0.125. The van der Waals surface area contributed by atoms with Crippen LogP contribution in [0, 0.1) is 0 Å². The molecule has 11 rings (SSSR count). The van der Waals surface area contributed by atoms with E-state index in [0.29, 0.717) is 0 Å². The van der Waals surface area contributed by atoms with E-state index < -0.39 is 7.92 Å². The maximum atomic E-state index is 2.43. The second kappa shape index (κ2) is 12.1. The molecule has 0 amide bonds. The zero-order valence-electron chi connectivity index (χ0n) is 29.0. The van der Waals surface area contributed by atoms with E-state index in [4.69, 9.17) is 0 Å². The molecule has 53 heavy (non-hydrogen) atoms. The molecule has 0 heterocycles. The first-order valence-corrected chi connectivity index (χ1v) is 19.7. The van der Waals surface area contributed by atoms with Crippen LogP contribution in [0.3, 0.4) is 0 Å². The Balaban J connectivity index is 1.13. The molecule has 10 aromatic carbocycles. The van der Waals surface area contributed by atoms with Gasteiger partial charge in [0.15, 0.2) is 0 Å². The fourth-order valence-corrected chi connectivity index (χ4v) is 11.2. The third-order valence-corrected chi connectivity index (χ3v) is 13.5. The SMILES string of the molecule is c1ccc(-c2c3c(c(-c4ccc5c(ccc6cc(P(c7ccccc7)c7ccccc7)ccc65)c4)c4ccccc24)-c2cccc4cccc-3c24)cc1. The third kappa shape index (κ3) is 4.73. The van der Waals surface area contributed by atoms with E-state index in [9.17, 15) is 0 Å². The van der Waals surface area contributed by atoms with Crippen LogP contribution in [0.15, 0.2) is 200 Å². The summed E-state index contributed by atoms with van der Waals surface area (Å²) in [4.78, 5) is 0. The van der Waals surface area contributed by atoms with Crippen molar-refractivity contribution in [3.8, 4) is 44.5 Å². The molecule has 1 aliphatic carbocycles. The minimum atomic E-state index is -0.671. The van der Waals surface area contributed by atoms with E-state index in [1.165, 1.54) is 104 Å². The van der Waals surface area contributed by atoms with Gasteiger partial charge in [0.1, 0.15) is 0 Å². The zero-order chi connectivity index (χ0) is 34.9. The van der Waals surface area contributed by atoms with Crippen LogP contribution in [0.2, 0.25) is 0 Å². The third-order valence-electron chi connectivity index (χ3n) is 11.1. The molecule has 0 saturated carbocycles. The standard InChI is InChI=1S/C52H33P/c1-4-14-35(15-5-1)49-44-22-10-11-23-45(44)50(52-47-25-13-17-34-16-12-24-46(48(34)47)51(49)52)38-28-30-42-36(32-38)26-27-37-33-41(29-31-43(37)42)53(39-18-6-2-7-19-39)40-20-8-3-9-21-40/h1-33H. The molecule has 0 radical (unpaired) electrons. The molecule has 0 aromatic heterocycles. The smallest absolute Gasteiger partial charge is 0.000741 e. The molecule has 0 N–H and O–H groups in total. The van der Waals surface area contributed by atoms with E-state index in [1.54, 1.807) is 0 Å². The fourth-order valence-electron chi connectivity index (χ4n) is 8.89. The van der Waals surface area contributed by atoms with Gasteiger partial charge in [0, 0.05) is 0 Å². The van der Waals surface area contributed by atoms with Gasteiger partial charge in [-0.25, -0.2) is 0 Å². The Morgan fingerprint density at radius 3 is 1.38 bits per heavy atom. The maximum Gasteiger partial charge on any atom is -0.000741 e. The summed E-state index contributed by atoms with van der Waals surface area (Å²) in [7, 11) is -0.671. The minimum absolute atomic E-state index is 0.671. The van der Waals surface area contributed by atoms with Gasteiger partial charge in [-0.3, -0.25) is 0 Å². The van der Waals surface area contributed by atoms with Crippen molar-refractivity contribution in [2.75, 3.05) is 0 Å². The zero-order valence-corrected chi connectivity index (χ0v) is 29.9. The molecule has 0 spiro atoms. The summed E-state index contributed by atoms with van der Waals surface area (Å²) in [5, 5.41) is 14.4. The number of benzene rings is 10. The van der Waals surface area contributed by atoms with E-state index in [2.05, 4.69) is 200 Å². The first-order valence-electron chi connectivity index (χ1n) is 18.4. The molecule has 1 heteroatoms. The summed E-state index contributed by atoms with van der Waals surface area (Å²) in [5.41, 5.74) is 10.5. The summed E-state index contributed by atoms with van der Waals surface area (Å²) in [6.45, 7) is 0. The maximum absolute atomic E-state index is 2.43. The van der Waals surface area contributed by atoms with Gasteiger partial charge >= 0.3 is 0 Å². The Morgan fingerprint density at radius 2 is 0.774 bits per heavy atom. The predicted octanol–water partition coefficient (Wildman–Crippen LogP) is 13.0. The molecule has 1 aliphatic rings. The molecule has 0 bridgehead atoms. The van der Waals surface area contributed by atoms with Crippen molar-refractivity contribution in [1.82, 2.24) is 0 Å². The highest BCUT2D eigenvalue weighted by atomic mass is 31.1. The average molecular weight is 689 g/mol. The molecule has 0 atom stereocenters. The summed E-state index contributed by atoms with van der Waals surface area (Å²) in [6.07, 6.45) is 0. The number of fused-ring (bicyclic) bond motifs is 7. The summed E-state index contributed by atoms with van der Waals surface area (Å²) < 4.78 is 0. The Kier molecular flexibility index (Phi) is 6.94. The highest BCUT2D eigenvalue weighted by Gasteiger charge is 2.30. The van der Waals surface area contributed by atoms with Gasteiger partial charge in [-0.1, -0.05) is 188 Å². The topological polar surface area (TPSA) is 0 Å². The van der Waals surface area contributed by atoms with Crippen molar-refractivity contribution in [1.29, 1.82) is 0 Å². The second-order valence-electron chi connectivity index (χ2n) is 14.0. The van der Waals surface area contributed by atoms with E-state index in [0.717, 1.165) is 0 Å². The Bertz CT molecular complexity index is 2990. The van der Waals surface area contributed by atoms with Gasteiger partial charge in [-0.2, -0.15) is 0 Å². The average Bonchev–Trinajstić information content (AvgIpc) is 3.55. The summed E-state index contributed by atoms with van der Waals surface area (Å²) in [6, 6.07) is 74.5. The molecular formula is C52H33P. The predicted molar refractivity (Wildman–Crippen MR) is 230 cm³/mol. The minimum Gasteiger partial charge on any atom is -0.0622 e. The van der Waals surface area contributed by atoms with Gasteiger partial charge in [0.25, 0.3) is 0 Å². The van der Waals surface area contributed by atoms with Crippen molar-refractivity contribution in [3.63, 3.8) is 0 Å². The van der Waals surface area contributed by atoms with Gasteiger partial charge in [-0.15, -0.1) is 0 Å². The lowest BCUT2D eigenvalue weighted by Crippen LogP contribution is -2.20. The summed E-state index contributed by atoms with van der Waals surface area (Å²) >= 11 is 0. The first-order chi connectivity index (χ1) is 26.3. The fraction of sp³-hybridized carbons (Fsp3) is 0. The van der Waals surface area contributed by atoms with Gasteiger partial charge in [-0.05, 0) is 124 Å². The van der Waals surface area contributed by atoms with Crippen molar-refractivity contribution in [2.45, 2.75) is 0 Å². The van der Waals surface area contributed by atoms with Gasteiger partial charge < -0.3 is 0 Å². The van der Waals surface area contributed by atoms with Crippen LogP contribution in [0.4, 0.5) is 0 Å². The lowest BCUT2D eigenvalue weighted by molar-refractivity contribution is 1.63. The molecule has 0 saturated heterocycles. The Morgan fingerprint density at radius 1 is 0.264 bits per heavy atom. The van der Waals surface area contributed by atoms with Crippen LogP contribution in [-0.2, 0) is 0 Å². The van der Waals surface area contributed by atoms with E-state index in [-0.39, 0.29) is 0 Å². The summed E-state index contributed by atoms with van der Waals surface area (Å²) in [5.74, 6) is 0. The van der Waals surface area contributed by atoms with Crippen molar-refractivity contribution >= 4 is 66.9 Å². The lowest BCUT2D eigenvalue weighted by Gasteiger charge is -2.21. The van der Waals surface area contributed by atoms with Crippen LogP contribution in [-0.4, -0.2) is 0 Å². The number of hydrogen-bond acceptors (Lipinski definition) is 0. The van der Waals surface area contributed by atoms with Crippen molar-refractivity contribution in [2.24, 2.45) is 0 Å². The van der Waals surface area contributed by atoms with Crippen LogP contribution in [0.1, 0.15) is 0 Å².